The minimum Gasteiger partial charge on any atom is -0.395 e. The summed E-state index contributed by atoms with van der Waals surface area (Å²) in [6.45, 7) is 4.95. The van der Waals surface area contributed by atoms with Crippen LogP contribution < -0.4 is 0 Å². The molecule has 0 aliphatic carbocycles. The second-order valence-electron chi connectivity index (χ2n) is 5.26. The molecule has 3 nitrogen and oxygen atoms in total. The standard InChI is InChI=1S/C16H23NO2/c1-16(2,13-19)17(3)12-15-10-5-4-8-14(15)9-6-7-11-18/h4-5,8,10,18-19H,7,11-13H2,1-3H3. The van der Waals surface area contributed by atoms with E-state index in [2.05, 4.69) is 16.7 Å². The topological polar surface area (TPSA) is 43.7 Å². The number of likely N-dealkylation sites (N-methyl/N-ethyl adjacent to an activating group) is 1. The molecule has 104 valence electrons. The Labute approximate surface area is 115 Å². The third-order valence-corrected chi connectivity index (χ3v) is 3.31. The summed E-state index contributed by atoms with van der Waals surface area (Å²) < 4.78 is 0. The Kier molecular flexibility index (Phi) is 6.04. The summed E-state index contributed by atoms with van der Waals surface area (Å²) in [6.07, 6.45) is 0.492. The number of hydrogen-bond donors (Lipinski definition) is 2. The van der Waals surface area contributed by atoms with Crippen molar-refractivity contribution in [3.05, 3.63) is 35.4 Å². The molecule has 0 saturated carbocycles. The second-order valence-corrected chi connectivity index (χ2v) is 5.26. The third kappa shape index (κ3) is 4.68. The number of aliphatic hydroxyl groups excluding tert-OH is 2. The van der Waals surface area contributed by atoms with Crippen molar-refractivity contribution in [1.29, 1.82) is 0 Å². The zero-order valence-electron chi connectivity index (χ0n) is 12.0. The lowest BCUT2D eigenvalue weighted by Gasteiger charge is -2.34. The van der Waals surface area contributed by atoms with Crippen LogP contribution in [0.15, 0.2) is 24.3 Å². The van der Waals surface area contributed by atoms with E-state index in [1.807, 2.05) is 45.2 Å². The van der Waals surface area contributed by atoms with Crippen molar-refractivity contribution in [3.8, 4) is 11.8 Å². The molecule has 0 aliphatic heterocycles. The maximum absolute atomic E-state index is 9.39. The zero-order chi connectivity index (χ0) is 14.3. The molecule has 3 heteroatoms. The maximum Gasteiger partial charge on any atom is 0.0610 e. The summed E-state index contributed by atoms with van der Waals surface area (Å²) in [5.74, 6) is 6.04. The van der Waals surface area contributed by atoms with E-state index >= 15 is 0 Å². The van der Waals surface area contributed by atoms with E-state index in [9.17, 15) is 5.11 Å². The van der Waals surface area contributed by atoms with Crippen LogP contribution in [0.5, 0.6) is 0 Å². The van der Waals surface area contributed by atoms with Crippen LogP contribution >= 0.6 is 0 Å². The Morgan fingerprint density at radius 1 is 1.21 bits per heavy atom. The lowest BCUT2D eigenvalue weighted by Crippen LogP contribution is -2.43. The van der Waals surface area contributed by atoms with Gasteiger partial charge in [0.15, 0.2) is 0 Å². The molecule has 0 aliphatic rings. The fourth-order valence-electron chi connectivity index (χ4n) is 1.58. The van der Waals surface area contributed by atoms with Gasteiger partial charge >= 0.3 is 0 Å². The van der Waals surface area contributed by atoms with Crippen molar-refractivity contribution in [2.24, 2.45) is 0 Å². The van der Waals surface area contributed by atoms with Crippen LogP contribution in [-0.2, 0) is 6.54 Å². The van der Waals surface area contributed by atoms with Gasteiger partial charge in [0.05, 0.1) is 13.2 Å². The first-order valence-corrected chi connectivity index (χ1v) is 6.51. The highest BCUT2D eigenvalue weighted by Crippen LogP contribution is 2.17. The Balaban J connectivity index is 2.87. The molecule has 2 N–H and O–H groups in total. The van der Waals surface area contributed by atoms with Crippen molar-refractivity contribution in [3.63, 3.8) is 0 Å². The Hall–Kier alpha value is -1.34. The van der Waals surface area contributed by atoms with E-state index in [1.54, 1.807) is 0 Å². The monoisotopic (exact) mass is 261 g/mol. The summed E-state index contributed by atoms with van der Waals surface area (Å²) in [6, 6.07) is 7.99. The Morgan fingerprint density at radius 2 is 1.89 bits per heavy atom. The molecule has 0 amide bonds. The van der Waals surface area contributed by atoms with Gasteiger partial charge in [-0.05, 0) is 32.5 Å². The normalized spacial score (nSPS) is 11.3. The van der Waals surface area contributed by atoms with Gasteiger partial charge in [0.1, 0.15) is 0 Å². The molecule has 0 fully saturated rings. The summed E-state index contributed by atoms with van der Waals surface area (Å²) in [4.78, 5) is 2.11. The van der Waals surface area contributed by atoms with Crippen molar-refractivity contribution in [2.45, 2.75) is 32.4 Å². The summed E-state index contributed by atoms with van der Waals surface area (Å²) in [7, 11) is 1.99. The number of benzene rings is 1. The minimum absolute atomic E-state index is 0.0899. The molecule has 1 rings (SSSR count). The van der Waals surface area contributed by atoms with Crippen LogP contribution in [0.1, 0.15) is 31.4 Å². The first-order chi connectivity index (χ1) is 9.01. The highest BCUT2D eigenvalue weighted by atomic mass is 16.3. The number of aliphatic hydroxyl groups is 2. The van der Waals surface area contributed by atoms with Gasteiger partial charge in [-0.2, -0.15) is 0 Å². The molecule has 0 radical (unpaired) electrons. The molecule has 0 aromatic heterocycles. The molecule has 0 saturated heterocycles. The predicted octanol–water partition coefficient (Wildman–Crippen LogP) is 1.62. The van der Waals surface area contributed by atoms with Gasteiger partial charge in [-0.3, -0.25) is 4.90 Å². The third-order valence-electron chi connectivity index (χ3n) is 3.31. The van der Waals surface area contributed by atoms with Crippen molar-refractivity contribution in [1.82, 2.24) is 4.90 Å². The van der Waals surface area contributed by atoms with E-state index in [0.29, 0.717) is 6.42 Å². The summed E-state index contributed by atoms with van der Waals surface area (Å²) in [5, 5.41) is 18.1. The van der Waals surface area contributed by atoms with Crippen molar-refractivity contribution in [2.75, 3.05) is 20.3 Å². The van der Waals surface area contributed by atoms with E-state index in [4.69, 9.17) is 5.11 Å². The van der Waals surface area contributed by atoms with Gasteiger partial charge < -0.3 is 10.2 Å². The second kappa shape index (κ2) is 7.30. The van der Waals surface area contributed by atoms with Gasteiger partial charge in [0.25, 0.3) is 0 Å². The molecular weight excluding hydrogens is 238 g/mol. The predicted molar refractivity (Wildman–Crippen MR) is 77.7 cm³/mol. The number of nitrogens with zero attached hydrogens (tertiary/aromatic N) is 1. The van der Waals surface area contributed by atoms with E-state index in [0.717, 1.165) is 17.7 Å². The lowest BCUT2D eigenvalue weighted by molar-refractivity contribution is 0.0733. The first kappa shape index (κ1) is 15.7. The molecule has 0 bridgehead atoms. The average molecular weight is 261 g/mol. The Bertz CT molecular complexity index is 457. The lowest BCUT2D eigenvalue weighted by atomic mass is 10.0. The minimum atomic E-state index is -0.258. The molecule has 1 aromatic carbocycles. The number of hydrogen-bond acceptors (Lipinski definition) is 3. The molecular formula is C16H23NO2. The van der Waals surface area contributed by atoms with Crippen LogP contribution in [0, 0.1) is 11.8 Å². The molecule has 0 heterocycles. The van der Waals surface area contributed by atoms with E-state index < -0.39 is 0 Å². The van der Waals surface area contributed by atoms with E-state index in [-0.39, 0.29) is 18.8 Å². The average Bonchev–Trinajstić information content (AvgIpc) is 2.41. The Morgan fingerprint density at radius 3 is 2.53 bits per heavy atom. The highest BCUT2D eigenvalue weighted by molar-refractivity contribution is 5.41. The summed E-state index contributed by atoms with van der Waals surface area (Å²) in [5.41, 5.74) is 1.86. The molecule has 19 heavy (non-hydrogen) atoms. The fourth-order valence-corrected chi connectivity index (χ4v) is 1.58. The van der Waals surface area contributed by atoms with Crippen LogP contribution in [0.3, 0.4) is 0 Å². The van der Waals surface area contributed by atoms with Gasteiger partial charge in [-0.1, -0.05) is 30.0 Å². The summed E-state index contributed by atoms with van der Waals surface area (Å²) >= 11 is 0. The fraction of sp³-hybridized carbons (Fsp3) is 0.500. The van der Waals surface area contributed by atoms with Gasteiger partial charge in [-0.25, -0.2) is 0 Å². The van der Waals surface area contributed by atoms with Crippen LogP contribution in [-0.4, -0.2) is 40.9 Å². The number of rotatable bonds is 5. The molecule has 1 aromatic rings. The zero-order valence-corrected chi connectivity index (χ0v) is 12.0. The van der Waals surface area contributed by atoms with Crippen LogP contribution in [0.25, 0.3) is 0 Å². The quantitative estimate of drug-likeness (QED) is 0.792. The maximum atomic E-state index is 9.39. The molecule has 0 atom stereocenters. The van der Waals surface area contributed by atoms with Crippen LogP contribution in [0.4, 0.5) is 0 Å². The smallest absolute Gasteiger partial charge is 0.0610 e. The van der Waals surface area contributed by atoms with E-state index in [1.165, 1.54) is 0 Å². The van der Waals surface area contributed by atoms with Crippen molar-refractivity contribution < 1.29 is 10.2 Å². The highest BCUT2D eigenvalue weighted by Gasteiger charge is 2.22. The SMILES string of the molecule is CN(Cc1ccccc1C#CCCO)C(C)(C)CO. The first-order valence-electron chi connectivity index (χ1n) is 6.51. The van der Waals surface area contributed by atoms with Gasteiger partial charge in [-0.15, -0.1) is 0 Å². The van der Waals surface area contributed by atoms with Crippen molar-refractivity contribution >= 4 is 0 Å². The van der Waals surface area contributed by atoms with Gasteiger partial charge in [0.2, 0.25) is 0 Å². The largest absolute Gasteiger partial charge is 0.395 e. The molecule has 0 spiro atoms. The van der Waals surface area contributed by atoms with Crippen LogP contribution in [0.2, 0.25) is 0 Å². The van der Waals surface area contributed by atoms with Gasteiger partial charge in [0, 0.05) is 24.1 Å². The molecule has 0 unspecified atom stereocenters.